The molecule has 9 heteroatoms. The Labute approximate surface area is 201 Å². The van der Waals surface area contributed by atoms with Crippen molar-refractivity contribution in [2.45, 2.75) is 38.3 Å². The van der Waals surface area contributed by atoms with E-state index in [2.05, 4.69) is 10.2 Å². The van der Waals surface area contributed by atoms with Crippen LogP contribution >= 0.6 is 0 Å². The van der Waals surface area contributed by atoms with Gasteiger partial charge in [0.05, 0.1) is 17.0 Å². The number of imide groups is 2. The fourth-order valence-electron chi connectivity index (χ4n) is 5.05. The van der Waals surface area contributed by atoms with Gasteiger partial charge in [0, 0.05) is 13.0 Å². The van der Waals surface area contributed by atoms with Crippen LogP contribution in [-0.4, -0.2) is 63.6 Å². The summed E-state index contributed by atoms with van der Waals surface area (Å²) in [6.07, 6.45) is 1.52. The third-order valence-corrected chi connectivity index (χ3v) is 7.07. The quantitative estimate of drug-likeness (QED) is 0.634. The second kappa shape index (κ2) is 9.07. The van der Waals surface area contributed by atoms with Crippen molar-refractivity contribution < 1.29 is 29.1 Å². The van der Waals surface area contributed by atoms with Crippen molar-refractivity contribution in [3.05, 3.63) is 59.2 Å². The average molecular weight is 476 g/mol. The molecule has 0 spiro atoms. The van der Waals surface area contributed by atoms with Crippen LogP contribution in [0.15, 0.2) is 42.5 Å². The monoisotopic (exact) mass is 475 g/mol. The molecule has 2 fully saturated rings. The van der Waals surface area contributed by atoms with Gasteiger partial charge in [-0.05, 0) is 61.2 Å². The standard InChI is InChI=1S/C26H25N3O6/c30-22-8-7-21(23(31)27-22)29-24(32)19-6-5-18(13-20(19)25(29)33)16-3-1-15(2-4-16)14-28-11-9-17(10-12-28)26(34)35/h1-6,13,17,21H,7-12,14H2,(H,34,35)(H,27,30,31). The Morgan fingerprint density at radius 2 is 1.54 bits per heavy atom. The number of carbonyl (C=O) groups is 5. The number of nitrogens with zero attached hydrogens (tertiary/aromatic N) is 2. The predicted molar refractivity (Wildman–Crippen MR) is 124 cm³/mol. The van der Waals surface area contributed by atoms with Crippen molar-refractivity contribution in [2.24, 2.45) is 5.92 Å². The summed E-state index contributed by atoms with van der Waals surface area (Å²) in [4.78, 5) is 64.0. The first kappa shape index (κ1) is 22.9. The maximum Gasteiger partial charge on any atom is 0.306 e. The Balaban J connectivity index is 1.29. The van der Waals surface area contributed by atoms with Gasteiger partial charge in [0.2, 0.25) is 11.8 Å². The second-order valence-corrected chi connectivity index (χ2v) is 9.29. The minimum Gasteiger partial charge on any atom is -0.481 e. The summed E-state index contributed by atoms with van der Waals surface area (Å²) >= 11 is 0. The maximum absolute atomic E-state index is 13.1. The highest BCUT2D eigenvalue weighted by Gasteiger charge is 2.44. The van der Waals surface area contributed by atoms with Crippen molar-refractivity contribution in [2.75, 3.05) is 13.1 Å². The third kappa shape index (κ3) is 4.35. The van der Waals surface area contributed by atoms with E-state index >= 15 is 0 Å². The number of carboxylic acids is 1. The number of hydrogen-bond acceptors (Lipinski definition) is 6. The molecule has 9 nitrogen and oxygen atoms in total. The van der Waals surface area contributed by atoms with Crippen LogP contribution in [0.4, 0.5) is 0 Å². The minimum absolute atomic E-state index is 0.0823. The number of piperidine rings is 2. The van der Waals surface area contributed by atoms with Crippen LogP contribution in [0.25, 0.3) is 11.1 Å². The fourth-order valence-corrected chi connectivity index (χ4v) is 5.05. The van der Waals surface area contributed by atoms with Crippen LogP contribution in [-0.2, 0) is 20.9 Å². The molecule has 0 aliphatic carbocycles. The van der Waals surface area contributed by atoms with E-state index in [9.17, 15) is 24.0 Å². The van der Waals surface area contributed by atoms with Crippen molar-refractivity contribution in [1.82, 2.24) is 15.1 Å². The molecule has 5 rings (SSSR count). The van der Waals surface area contributed by atoms with Crippen LogP contribution in [0.2, 0.25) is 0 Å². The molecule has 1 atom stereocenters. The maximum atomic E-state index is 13.1. The molecule has 0 aromatic heterocycles. The number of hydrogen-bond donors (Lipinski definition) is 2. The first-order valence-corrected chi connectivity index (χ1v) is 11.7. The molecule has 2 saturated heterocycles. The normalized spacial score (nSPS) is 21.3. The number of nitrogens with one attached hydrogen (secondary N) is 1. The number of fused-ring (bicyclic) bond motifs is 1. The van der Waals surface area contributed by atoms with Crippen LogP contribution in [0.3, 0.4) is 0 Å². The smallest absolute Gasteiger partial charge is 0.306 e. The molecule has 180 valence electrons. The zero-order valence-corrected chi connectivity index (χ0v) is 19.0. The molecule has 3 heterocycles. The zero-order chi connectivity index (χ0) is 24.7. The average Bonchev–Trinajstić information content (AvgIpc) is 3.09. The number of aliphatic carboxylic acids is 1. The molecule has 0 bridgehead atoms. The van der Waals surface area contributed by atoms with E-state index in [4.69, 9.17) is 5.11 Å². The fraction of sp³-hybridized carbons (Fsp3) is 0.346. The third-order valence-electron chi connectivity index (χ3n) is 7.07. The topological polar surface area (TPSA) is 124 Å². The van der Waals surface area contributed by atoms with Gasteiger partial charge in [-0.3, -0.25) is 39.1 Å². The number of carboxylic acid groups (broad SMARTS) is 1. The lowest BCUT2D eigenvalue weighted by Crippen LogP contribution is -2.54. The van der Waals surface area contributed by atoms with E-state index in [-0.39, 0.29) is 29.9 Å². The van der Waals surface area contributed by atoms with Crippen LogP contribution < -0.4 is 5.32 Å². The van der Waals surface area contributed by atoms with Gasteiger partial charge in [0.25, 0.3) is 11.8 Å². The van der Waals surface area contributed by atoms with Gasteiger partial charge >= 0.3 is 5.97 Å². The molecule has 35 heavy (non-hydrogen) atoms. The number of benzene rings is 2. The molecule has 3 aliphatic heterocycles. The van der Waals surface area contributed by atoms with Crippen molar-refractivity contribution in [1.29, 1.82) is 0 Å². The molecular weight excluding hydrogens is 450 g/mol. The Bertz CT molecular complexity index is 1230. The summed E-state index contributed by atoms with van der Waals surface area (Å²) in [5.41, 5.74) is 3.29. The van der Waals surface area contributed by atoms with Crippen LogP contribution in [0.1, 0.15) is 52.0 Å². The Hall–Kier alpha value is -3.85. The summed E-state index contributed by atoms with van der Waals surface area (Å²) in [7, 11) is 0. The lowest BCUT2D eigenvalue weighted by atomic mass is 9.96. The van der Waals surface area contributed by atoms with Crippen molar-refractivity contribution >= 4 is 29.6 Å². The first-order valence-electron chi connectivity index (χ1n) is 11.7. The molecule has 2 aromatic rings. The van der Waals surface area contributed by atoms with Gasteiger partial charge in [-0.2, -0.15) is 0 Å². The summed E-state index contributed by atoms with van der Waals surface area (Å²) in [5, 5.41) is 11.4. The van der Waals surface area contributed by atoms with E-state index < -0.39 is 35.6 Å². The number of rotatable bonds is 5. The SMILES string of the molecule is O=C1CCC(N2C(=O)c3ccc(-c4ccc(CN5CCC(C(=O)O)CC5)cc4)cc3C2=O)C(=O)N1. The van der Waals surface area contributed by atoms with Gasteiger partial charge in [-0.1, -0.05) is 30.3 Å². The number of amides is 4. The van der Waals surface area contributed by atoms with Gasteiger partial charge in [0.1, 0.15) is 6.04 Å². The molecule has 1 unspecified atom stereocenters. The zero-order valence-electron chi connectivity index (χ0n) is 19.0. The van der Waals surface area contributed by atoms with Crippen LogP contribution in [0.5, 0.6) is 0 Å². The highest BCUT2D eigenvalue weighted by molar-refractivity contribution is 6.23. The van der Waals surface area contributed by atoms with E-state index in [0.717, 1.165) is 41.2 Å². The number of carbonyl (C=O) groups excluding carboxylic acids is 4. The van der Waals surface area contributed by atoms with Crippen molar-refractivity contribution in [3.8, 4) is 11.1 Å². The highest BCUT2D eigenvalue weighted by Crippen LogP contribution is 2.31. The Morgan fingerprint density at radius 3 is 2.20 bits per heavy atom. The van der Waals surface area contributed by atoms with Gasteiger partial charge in [-0.15, -0.1) is 0 Å². The van der Waals surface area contributed by atoms with E-state index in [1.165, 1.54) is 0 Å². The molecule has 2 aromatic carbocycles. The summed E-state index contributed by atoms with van der Waals surface area (Å²) in [6, 6.07) is 12.0. The first-order chi connectivity index (χ1) is 16.8. The molecule has 3 aliphatic rings. The molecule has 0 saturated carbocycles. The molecule has 4 amide bonds. The summed E-state index contributed by atoms with van der Waals surface area (Å²) < 4.78 is 0. The van der Waals surface area contributed by atoms with E-state index in [0.29, 0.717) is 12.8 Å². The van der Waals surface area contributed by atoms with E-state index in [1.54, 1.807) is 18.2 Å². The molecule has 0 radical (unpaired) electrons. The van der Waals surface area contributed by atoms with Crippen molar-refractivity contribution in [3.63, 3.8) is 0 Å². The lowest BCUT2D eigenvalue weighted by molar-refractivity contribution is -0.143. The lowest BCUT2D eigenvalue weighted by Gasteiger charge is -2.30. The molecular formula is C26H25N3O6. The number of likely N-dealkylation sites (tertiary alicyclic amines) is 1. The Morgan fingerprint density at radius 1 is 0.886 bits per heavy atom. The summed E-state index contributed by atoms with van der Waals surface area (Å²) in [5.74, 6) is -3.05. The largest absolute Gasteiger partial charge is 0.481 e. The van der Waals surface area contributed by atoms with Gasteiger partial charge in [-0.25, -0.2) is 0 Å². The van der Waals surface area contributed by atoms with Gasteiger partial charge in [0.15, 0.2) is 0 Å². The second-order valence-electron chi connectivity index (χ2n) is 9.29. The summed E-state index contributed by atoms with van der Waals surface area (Å²) in [6.45, 7) is 2.25. The van der Waals surface area contributed by atoms with Gasteiger partial charge < -0.3 is 5.11 Å². The Kier molecular flexibility index (Phi) is 5.94. The van der Waals surface area contributed by atoms with Crippen LogP contribution in [0, 0.1) is 5.92 Å². The van der Waals surface area contributed by atoms with E-state index in [1.807, 2.05) is 24.3 Å². The predicted octanol–water partition coefficient (Wildman–Crippen LogP) is 2.05. The minimum atomic E-state index is -0.983. The molecule has 2 N–H and O–H groups in total. The highest BCUT2D eigenvalue weighted by atomic mass is 16.4.